The standard InChI is InChI=1S/C24H26F2N2O3/c1-23(2)11-18-14(19(29)12-23)10-15(22(31)28-18)21(30)27-13-24(8-3-4-9-24)20-16(25)6-5-7-17(20)26/h5-7,10H,3-4,8-9,11-13H2,1-2H3,(H,27,30)(H,28,31). The van der Waals surface area contributed by atoms with Crippen LogP contribution in [0.2, 0.25) is 0 Å². The number of ketones is 1. The van der Waals surface area contributed by atoms with Crippen molar-refractivity contribution in [3.8, 4) is 0 Å². The minimum Gasteiger partial charge on any atom is -0.351 e. The number of amides is 1. The molecule has 0 spiro atoms. The lowest BCUT2D eigenvalue weighted by Crippen LogP contribution is -2.42. The zero-order valence-electron chi connectivity index (χ0n) is 17.7. The van der Waals surface area contributed by atoms with E-state index in [1.54, 1.807) is 0 Å². The van der Waals surface area contributed by atoms with Gasteiger partial charge >= 0.3 is 0 Å². The lowest BCUT2D eigenvalue weighted by molar-refractivity contribution is 0.0910. The van der Waals surface area contributed by atoms with Gasteiger partial charge in [0.05, 0.1) is 0 Å². The van der Waals surface area contributed by atoms with Gasteiger partial charge < -0.3 is 10.3 Å². The molecule has 2 N–H and O–H groups in total. The van der Waals surface area contributed by atoms with Crippen LogP contribution in [0.4, 0.5) is 8.78 Å². The summed E-state index contributed by atoms with van der Waals surface area (Å²) in [6.07, 6.45) is 3.56. The van der Waals surface area contributed by atoms with E-state index in [-0.39, 0.29) is 28.9 Å². The third-order valence-electron chi connectivity index (χ3n) is 6.60. The molecule has 1 aromatic carbocycles. The first-order chi connectivity index (χ1) is 14.6. The van der Waals surface area contributed by atoms with E-state index in [4.69, 9.17) is 0 Å². The minimum atomic E-state index is -0.855. The molecule has 0 saturated heterocycles. The number of Topliss-reactive ketones (excluding diaryl/α,β-unsaturated/α-hetero) is 1. The topological polar surface area (TPSA) is 79.0 Å². The lowest BCUT2D eigenvalue weighted by Gasteiger charge is -2.31. The summed E-state index contributed by atoms with van der Waals surface area (Å²) in [6.45, 7) is 3.92. The van der Waals surface area contributed by atoms with Crippen molar-refractivity contribution in [3.05, 3.63) is 68.6 Å². The van der Waals surface area contributed by atoms with E-state index in [1.165, 1.54) is 24.3 Å². The molecular weight excluding hydrogens is 402 g/mol. The average Bonchev–Trinajstić information content (AvgIpc) is 3.14. The van der Waals surface area contributed by atoms with Gasteiger partial charge in [-0.05, 0) is 42.9 Å². The zero-order chi connectivity index (χ0) is 22.4. The van der Waals surface area contributed by atoms with Crippen LogP contribution in [0.5, 0.6) is 0 Å². The lowest BCUT2D eigenvalue weighted by atomic mass is 9.75. The summed E-state index contributed by atoms with van der Waals surface area (Å²) in [4.78, 5) is 40.6. The van der Waals surface area contributed by atoms with Crippen LogP contribution in [0.15, 0.2) is 29.1 Å². The molecule has 2 aromatic rings. The Labute approximate surface area is 179 Å². The SMILES string of the molecule is CC1(C)CC(=O)c2cc(C(=O)NCC3(c4c(F)cccc4F)CCCC3)c(=O)[nH]c2C1. The number of hydrogen-bond donors (Lipinski definition) is 2. The Balaban J connectivity index is 1.61. The quantitative estimate of drug-likeness (QED) is 0.771. The van der Waals surface area contributed by atoms with Crippen molar-refractivity contribution >= 4 is 11.7 Å². The smallest absolute Gasteiger partial charge is 0.261 e. The minimum absolute atomic E-state index is 0.00967. The predicted molar refractivity (Wildman–Crippen MR) is 112 cm³/mol. The summed E-state index contributed by atoms with van der Waals surface area (Å²) in [5, 5.41) is 2.71. The van der Waals surface area contributed by atoms with E-state index in [0.29, 0.717) is 36.9 Å². The summed E-state index contributed by atoms with van der Waals surface area (Å²) in [6, 6.07) is 5.12. The molecule has 1 saturated carbocycles. The first kappa shape index (κ1) is 21.4. The summed E-state index contributed by atoms with van der Waals surface area (Å²) >= 11 is 0. The first-order valence-corrected chi connectivity index (χ1v) is 10.6. The molecule has 2 aliphatic carbocycles. The Morgan fingerprint density at radius 1 is 1.10 bits per heavy atom. The molecule has 164 valence electrons. The number of hydrogen-bond acceptors (Lipinski definition) is 3. The molecule has 4 rings (SSSR count). The van der Waals surface area contributed by atoms with Gasteiger partial charge in [-0.25, -0.2) is 8.78 Å². The van der Waals surface area contributed by atoms with Gasteiger partial charge in [0, 0.05) is 35.2 Å². The number of fused-ring (bicyclic) bond motifs is 1. The van der Waals surface area contributed by atoms with Crippen LogP contribution in [-0.4, -0.2) is 23.2 Å². The van der Waals surface area contributed by atoms with Gasteiger partial charge in [0.25, 0.3) is 11.5 Å². The van der Waals surface area contributed by atoms with Gasteiger partial charge in [0.1, 0.15) is 17.2 Å². The average molecular weight is 428 g/mol. The number of benzene rings is 1. The van der Waals surface area contributed by atoms with Crippen LogP contribution in [0.3, 0.4) is 0 Å². The molecule has 7 heteroatoms. The van der Waals surface area contributed by atoms with E-state index >= 15 is 0 Å². The van der Waals surface area contributed by atoms with E-state index in [2.05, 4.69) is 10.3 Å². The monoisotopic (exact) mass is 428 g/mol. The fourth-order valence-corrected chi connectivity index (χ4v) is 5.11. The van der Waals surface area contributed by atoms with Crippen molar-refractivity contribution in [2.24, 2.45) is 5.41 Å². The third-order valence-corrected chi connectivity index (χ3v) is 6.60. The van der Waals surface area contributed by atoms with E-state index < -0.39 is 28.5 Å². The summed E-state index contributed by atoms with van der Waals surface area (Å²) in [5.41, 5.74) is -0.942. The van der Waals surface area contributed by atoms with Crippen molar-refractivity contribution in [2.75, 3.05) is 6.54 Å². The van der Waals surface area contributed by atoms with Crippen LogP contribution in [-0.2, 0) is 11.8 Å². The van der Waals surface area contributed by atoms with E-state index in [0.717, 1.165) is 12.8 Å². The van der Waals surface area contributed by atoms with Crippen molar-refractivity contribution in [2.45, 2.75) is 57.8 Å². The summed E-state index contributed by atoms with van der Waals surface area (Å²) in [7, 11) is 0. The molecule has 1 fully saturated rings. The Hall–Kier alpha value is -2.83. The summed E-state index contributed by atoms with van der Waals surface area (Å²) < 4.78 is 29.0. The molecule has 2 aliphatic rings. The molecule has 1 amide bonds. The maximum Gasteiger partial charge on any atom is 0.261 e. The van der Waals surface area contributed by atoms with Gasteiger partial charge in [0.2, 0.25) is 0 Å². The fraction of sp³-hybridized carbons (Fsp3) is 0.458. The molecule has 0 bridgehead atoms. The van der Waals surface area contributed by atoms with Crippen molar-refractivity contribution in [1.82, 2.24) is 10.3 Å². The zero-order valence-corrected chi connectivity index (χ0v) is 17.7. The van der Waals surface area contributed by atoms with Crippen LogP contribution < -0.4 is 10.9 Å². The van der Waals surface area contributed by atoms with E-state index in [1.807, 2.05) is 13.8 Å². The molecule has 0 atom stereocenters. The second-order valence-electron chi connectivity index (χ2n) is 9.61. The van der Waals surface area contributed by atoms with Crippen molar-refractivity contribution in [3.63, 3.8) is 0 Å². The molecule has 0 aliphatic heterocycles. The number of pyridine rings is 1. The van der Waals surface area contributed by atoms with Crippen LogP contribution in [0.1, 0.15) is 77.9 Å². The fourth-order valence-electron chi connectivity index (χ4n) is 5.11. The van der Waals surface area contributed by atoms with Gasteiger partial charge in [-0.2, -0.15) is 0 Å². The Morgan fingerprint density at radius 3 is 2.39 bits per heavy atom. The van der Waals surface area contributed by atoms with Gasteiger partial charge in [-0.1, -0.05) is 32.8 Å². The Kier molecular flexibility index (Phi) is 5.31. The molecule has 1 heterocycles. The number of aromatic amines is 1. The highest BCUT2D eigenvalue weighted by Gasteiger charge is 2.40. The van der Waals surface area contributed by atoms with E-state index in [9.17, 15) is 23.2 Å². The number of rotatable bonds is 4. The van der Waals surface area contributed by atoms with Crippen LogP contribution >= 0.6 is 0 Å². The number of halogens is 2. The highest BCUT2D eigenvalue weighted by Crippen LogP contribution is 2.43. The molecule has 0 unspecified atom stereocenters. The number of carbonyl (C=O) groups is 2. The second-order valence-corrected chi connectivity index (χ2v) is 9.61. The molecule has 1 aromatic heterocycles. The summed E-state index contributed by atoms with van der Waals surface area (Å²) in [5.74, 6) is -2.02. The maximum atomic E-state index is 14.5. The molecular formula is C24H26F2N2O3. The van der Waals surface area contributed by atoms with Gasteiger partial charge in [-0.3, -0.25) is 14.4 Å². The molecule has 5 nitrogen and oxygen atoms in total. The normalized spacial score (nSPS) is 19.2. The number of aromatic nitrogens is 1. The Bertz CT molecular complexity index is 1090. The first-order valence-electron chi connectivity index (χ1n) is 10.6. The van der Waals surface area contributed by atoms with Crippen LogP contribution in [0, 0.1) is 17.0 Å². The number of H-pyrrole nitrogens is 1. The van der Waals surface area contributed by atoms with Crippen molar-refractivity contribution in [1.29, 1.82) is 0 Å². The number of carbonyl (C=O) groups excluding carboxylic acids is 2. The van der Waals surface area contributed by atoms with Crippen molar-refractivity contribution < 1.29 is 18.4 Å². The molecule has 31 heavy (non-hydrogen) atoms. The predicted octanol–water partition coefficient (Wildman–Crippen LogP) is 4.05. The highest BCUT2D eigenvalue weighted by atomic mass is 19.1. The largest absolute Gasteiger partial charge is 0.351 e. The molecule has 0 radical (unpaired) electrons. The Morgan fingerprint density at radius 2 is 1.74 bits per heavy atom. The third kappa shape index (κ3) is 3.93. The second kappa shape index (κ2) is 7.70. The van der Waals surface area contributed by atoms with Crippen LogP contribution in [0.25, 0.3) is 0 Å². The number of nitrogens with one attached hydrogen (secondary N) is 2. The van der Waals surface area contributed by atoms with Gasteiger partial charge in [-0.15, -0.1) is 0 Å². The highest BCUT2D eigenvalue weighted by molar-refractivity contribution is 6.02. The maximum absolute atomic E-state index is 14.5. The van der Waals surface area contributed by atoms with Gasteiger partial charge in [0.15, 0.2) is 5.78 Å².